The molecule has 0 aromatic heterocycles. The fourth-order valence-electron chi connectivity index (χ4n) is 2.13. The number of amides is 1. The molecule has 0 spiro atoms. The highest BCUT2D eigenvalue weighted by Gasteiger charge is 2.25. The Labute approximate surface area is 136 Å². The molecule has 0 saturated carbocycles. The summed E-state index contributed by atoms with van der Waals surface area (Å²) in [4.78, 5) is 23.9. The first-order valence-electron chi connectivity index (χ1n) is 7.00. The molecule has 4 nitrogen and oxygen atoms in total. The Kier molecular flexibility index (Phi) is 5.57. The van der Waals surface area contributed by atoms with Crippen molar-refractivity contribution in [1.82, 2.24) is 5.32 Å². The molecule has 2 rings (SSSR count). The number of esters is 1. The van der Waals surface area contributed by atoms with E-state index < -0.39 is 40.9 Å². The van der Waals surface area contributed by atoms with Crippen molar-refractivity contribution in [2.45, 2.75) is 12.5 Å². The summed E-state index contributed by atoms with van der Waals surface area (Å²) in [5.41, 5.74) is -0.384. The molecule has 0 radical (unpaired) electrons. The molecular weight excluding hydrogens is 323 g/mol. The van der Waals surface area contributed by atoms with Gasteiger partial charge < -0.3 is 10.1 Å². The van der Waals surface area contributed by atoms with Gasteiger partial charge in [-0.25, -0.2) is 18.0 Å². The summed E-state index contributed by atoms with van der Waals surface area (Å²) in [6.45, 7) is 0. The summed E-state index contributed by atoms with van der Waals surface area (Å²) in [6.07, 6.45) is -0.192. The number of halogens is 3. The van der Waals surface area contributed by atoms with E-state index in [1.54, 1.807) is 6.07 Å². The van der Waals surface area contributed by atoms with Crippen LogP contribution in [0.15, 0.2) is 42.5 Å². The van der Waals surface area contributed by atoms with E-state index in [0.29, 0.717) is 0 Å². The largest absolute Gasteiger partial charge is 0.467 e. The molecule has 1 N–H and O–H groups in total. The Hall–Kier alpha value is -2.83. The summed E-state index contributed by atoms with van der Waals surface area (Å²) in [5, 5.41) is 2.24. The van der Waals surface area contributed by atoms with Crippen LogP contribution in [0.4, 0.5) is 13.2 Å². The van der Waals surface area contributed by atoms with E-state index in [4.69, 9.17) is 0 Å². The number of carbonyl (C=O) groups is 2. The Morgan fingerprint density at radius 2 is 1.71 bits per heavy atom. The molecule has 126 valence electrons. The van der Waals surface area contributed by atoms with Crippen molar-refractivity contribution in [1.29, 1.82) is 0 Å². The number of methoxy groups -OCH3 is 1. The smallest absolute Gasteiger partial charge is 0.328 e. The molecule has 2 aromatic rings. The first kappa shape index (κ1) is 17.5. The Balaban J connectivity index is 2.23. The summed E-state index contributed by atoms with van der Waals surface area (Å²) < 4.78 is 45.2. The van der Waals surface area contributed by atoms with E-state index in [1.165, 1.54) is 18.2 Å². The third kappa shape index (κ3) is 3.92. The van der Waals surface area contributed by atoms with Crippen LogP contribution >= 0.6 is 0 Å². The first-order valence-corrected chi connectivity index (χ1v) is 7.00. The van der Waals surface area contributed by atoms with Crippen LogP contribution in [0.25, 0.3) is 0 Å². The maximum Gasteiger partial charge on any atom is 0.328 e. The second-order valence-corrected chi connectivity index (χ2v) is 4.95. The van der Waals surface area contributed by atoms with Crippen molar-refractivity contribution in [2.75, 3.05) is 7.11 Å². The minimum atomic E-state index is -1.33. The minimum absolute atomic E-state index is 0.174. The number of ether oxygens (including phenoxy) is 1. The molecule has 7 heteroatoms. The fourth-order valence-corrected chi connectivity index (χ4v) is 2.13. The van der Waals surface area contributed by atoms with Gasteiger partial charge >= 0.3 is 5.97 Å². The van der Waals surface area contributed by atoms with E-state index in [2.05, 4.69) is 10.1 Å². The molecule has 0 aliphatic rings. The van der Waals surface area contributed by atoms with Crippen LogP contribution in [0.3, 0.4) is 0 Å². The van der Waals surface area contributed by atoms with E-state index in [-0.39, 0.29) is 12.0 Å². The van der Waals surface area contributed by atoms with Gasteiger partial charge in [0, 0.05) is 6.42 Å². The molecule has 0 saturated heterocycles. The molecule has 24 heavy (non-hydrogen) atoms. The number of hydrogen-bond acceptors (Lipinski definition) is 3. The van der Waals surface area contributed by atoms with Gasteiger partial charge in [0.1, 0.15) is 11.9 Å². The lowest BCUT2D eigenvalue weighted by atomic mass is 10.0. The summed E-state index contributed by atoms with van der Waals surface area (Å²) >= 11 is 0. The topological polar surface area (TPSA) is 55.4 Å². The van der Waals surface area contributed by atoms with Gasteiger partial charge in [-0.05, 0) is 23.8 Å². The SMILES string of the molecule is COC(=O)[C@H](Cc1ccccc1F)NC(=O)c1cccc(F)c1F. The number of hydrogen-bond donors (Lipinski definition) is 1. The van der Waals surface area contributed by atoms with Crippen LogP contribution in [-0.4, -0.2) is 25.0 Å². The highest BCUT2D eigenvalue weighted by Crippen LogP contribution is 2.13. The Bertz CT molecular complexity index is 764. The second kappa shape index (κ2) is 7.63. The average molecular weight is 337 g/mol. The number of benzene rings is 2. The summed E-state index contributed by atoms with van der Waals surface area (Å²) in [5.74, 6) is -4.91. The van der Waals surface area contributed by atoms with Crippen molar-refractivity contribution >= 4 is 11.9 Å². The Morgan fingerprint density at radius 3 is 2.38 bits per heavy atom. The van der Waals surface area contributed by atoms with Crippen LogP contribution in [0.2, 0.25) is 0 Å². The Morgan fingerprint density at radius 1 is 1.04 bits per heavy atom. The predicted molar refractivity (Wildman–Crippen MR) is 79.7 cm³/mol. The molecule has 0 unspecified atom stereocenters. The van der Waals surface area contributed by atoms with E-state index in [9.17, 15) is 22.8 Å². The lowest BCUT2D eigenvalue weighted by molar-refractivity contribution is -0.142. The maximum absolute atomic E-state index is 13.7. The van der Waals surface area contributed by atoms with Gasteiger partial charge in [0.25, 0.3) is 5.91 Å². The zero-order valence-corrected chi connectivity index (χ0v) is 12.7. The molecule has 0 aliphatic carbocycles. The van der Waals surface area contributed by atoms with Crippen molar-refractivity contribution in [3.8, 4) is 0 Å². The molecule has 0 bridgehead atoms. The highest BCUT2D eigenvalue weighted by atomic mass is 19.2. The van der Waals surface area contributed by atoms with Crippen molar-refractivity contribution < 1.29 is 27.5 Å². The van der Waals surface area contributed by atoms with E-state index in [0.717, 1.165) is 25.3 Å². The monoisotopic (exact) mass is 337 g/mol. The van der Waals surface area contributed by atoms with Crippen LogP contribution in [0, 0.1) is 17.5 Å². The quantitative estimate of drug-likeness (QED) is 0.854. The van der Waals surface area contributed by atoms with Gasteiger partial charge in [0.2, 0.25) is 0 Å². The lowest BCUT2D eigenvalue weighted by Gasteiger charge is -2.17. The number of carbonyl (C=O) groups excluding carboxylic acids is 2. The third-order valence-electron chi connectivity index (χ3n) is 3.37. The molecule has 0 fully saturated rings. The van der Waals surface area contributed by atoms with Crippen LogP contribution in [0.5, 0.6) is 0 Å². The van der Waals surface area contributed by atoms with Crippen LogP contribution < -0.4 is 5.32 Å². The van der Waals surface area contributed by atoms with Gasteiger partial charge in [0.15, 0.2) is 11.6 Å². The summed E-state index contributed by atoms with van der Waals surface area (Å²) in [6, 6.07) is 7.55. The minimum Gasteiger partial charge on any atom is -0.467 e. The van der Waals surface area contributed by atoms with Gasteiger partial charge in [0.05, 0.1) is 12.7 Å². The zero-order valence-electron chi connectivity index (χ0n) is 12.7. The van der Waals surface area contributed by atoms with Crippen molar-refractivity contribution in [2.24, 2.45) is 0 Å². The van der Waals surface area contributed by atoms with Crippen LogP contribution in [0.1, 0.15) is 15.9 Å². The third-order valence-corrected chi connectivity index (χ3v) is 3.37. The normalized spacial score (nSPS) is 11.7. The van der Waals surface area contributed by atoms with Gasteiger partial charge in [-0.1, -0.05) is 24.3 Å². The number of nitrogens with one attached hydrogen (secondary N) is 1. The lowest BCUT2D eigenvalue weighted by Crippen LogP contribution is -2.43. The van der Waals surface area contributed by atoms with Gasteiger partial charge in [-0.3, -0.25) is 4.79 Å². The molecule has 0 heterocycles. The van der Waals surface area contributed by atoms with E-state index >= 15 is 0 Å². The highest BCUT2D eigenvalue weighted by molar-refractivity contribution is 5.97. The van der Waals surface area contributed by atoms with Gasteiger partial charge in [-0.15, -0.1) is 0 Å². The first-order chi connectivity index (χ1) is 11.4. The fraction of sp³-hybridized carbons (Fsp3) is 0.176. The molecule has 0 aliphatic heterocycles. The van der Waals surface area contributed by atoms with E-state index in [1.807, 2.05) is 0 Å². The molecule has 1 amide bonds. The maximum atomic E-state index is 13.7. The standard InChI is InChI=1S/C17H14F3NO3/c1-24-17(23)14(9-10-5-2-3-7-12(10)18)21-16(22)11-6-4-8-13(19)15(11)20/h2-8,14H,9H2,1H3,(H,21,22)/t14-/m0/s1. The molecule has 2 aromatic carbocycles. The predicted octanol–water partition coefficient (Wildman–Crippen LogP) is 2.62. The van der Waals surface area contributed by atoms with Crippen molar-refractivity contribution in [3.63, 3.8) is 0 Å². The van der Waals surface area contributed by atoms with Crippen molar-refractivity contribution in [3.05, 3.63) is 71.0 Å². The zero-order chi connectivity index (χ0) is 17.7. The molecule has 1 atom stereocenters. The second-order valence-electron chi connectivity index (χ2n) is 4.95. The number of rotatable bonds is 5. The average Bonchev–Trinajstić information content (AvgIpc) is 2.57. The van der Waals surface area contributed by atoms with Crippen LogP contribution in [-0.2, 0) is 16.0 Å². The summed E-state index contributed by atoms with van der Waals surface area (Å²) in [7, 11) is 1.10. The van der Waals surface area contributed by atoms with Gasteiger partial charge in [-0.2, -0.15) is 0 Å². The molecular formula is C17H14F3NO3.